The van der Waals surface area contributed by atoms with E-state index in [1.807, 2.05) is 0 Å². The minimum Gasteiger partial charge on any atom is -0.490 e. The standard InChI is InChI=1S/C18H20N2O5S/c1-25-15-8-7-13(9-14(15)20(23)24)10-16-17(21)19(18(22)26-16)11-12-5-3-2-4-6-12/h7-10,12H,2-6,11H2,1H3/b16-10+. The molecule has 1 heterocycles. The molecule has 0 atom stereocenters. The summed E-state index contributed by atoms with van der Waals surface area (Å²) in [5.74, 6) is 0.209. The summed E-state index contributed by atoms with van der Waals surface area (Å²) >= 11 is 0.887. The fraction of sp³-hybridized carbons (Fsp3) is 0.444. The zero-order chi connectivity index (χ0) is 18.7. The molecule has 1 aliphatic heterocycles. The van der Waals surface area contributed by atoms with E-state index in [4.69, 9.17) is 4.74 Å². The van der Waals surface area contributed by atoms with E-state index >= 15 is 0 Å². The van der Waals surface area contributed by atoms with E-state index in [2.05, 4.69) is 0 Å². The van der Waals surface area contributed by atoms with Crippen molar-refractivity contribution in [3.63, 3.8) is 0 Å². The first-order chi connectivity index (χ1) is 12.5. The smallest absolute Gasteiger partial charge is 0.311 e. The van der Waals surface area contributed by atoms with Crippen LogP contribution in [0.2, 0.25) is 0 Å². The second-order valence-corrected chi connectivity index (χ2v) is 7.48. The highest BCUT2D eigenvalue weighted by Crippen LogP contribution is 2.36. The maximum absolute atomic E-state index is 12.6. The minimum atomic E-state index is -0.537. The Morgan fingerprint density at radius 1 is 1.31 bits per heavy atom. The number of hydrogen-bond acceptors (Lipinski definition) is 6. The molecule has 0 radical (unpaired) electrons. The molecule has 1 aromatic carbocycles. The zero-order valence-corrected chi connectivity index (χ0v) is 15.3. The monoisotopic (exact) mass is 376 g/mol. The van der Waals surface area contributed by atoms with E-state index in [1.54, 1.807) is 6.07 Å². The van der Waals surface area contributed by atoms with E-state index in [-0.39, 0.29) is 22.6 Å². The van der Waals surface area contributed by atoms with Crippen molar-refractivity contribution in [2.45, 2.75) is 32.1 Å². The third kappa shape index (κ3) is 3.90. The molecule has 1 aromatic rings. The van der Waals surface area contributed by atoms with Crippen molar-refractivity contribution >= 4 is 34.7 Å². The summed E-state index contributed by atoms with van der Waals surface area (Å²) in [6.07, 6.45) is 7.13. The van der Waals surface area contributed by atoms with Crippen molar-refractivity contribution in [2.75, 3.05) is 13.7 Å². The molecule has 1 saturated heterocycles. The van der Waals surface area contributed by atoms with Gasteiger partial charge in [-0.3, -0.25) is 24.6 Å². The third-order valence-electron chi connectivity index (χ3n) is 4.74. The highest BCUT2D eigenvalue weighted by molar-refractivity contribution is 8.18. The maximum Gasteiger partial charge on any atom is 0.311 e. The van der Waals surface area contributed by atoms with Gasteiger partial charge in [-0.2, -0.15) is 0 Å². The average Bonchev–Trinajstić information content (AvgIpc) is 2.90. The predicted molar refractivity (Wildman–Crippen MR) is 98.9 cm³/mol. The summed E-state index contributed by atoms with van der Waals surface area (Å²) in [5, 5.41) is 10.9. The molecule has 0 unspecified atom stereocenters. The summed E-state index contributed by atoms with van der Waals surface area (Å²) in [6.45, 7) is 0.463. The Morgan fingerprint density at radius 2 is 2.04 bits per heavy atom. The summed E-state index contributed by atoms with van der Waals surface area (Å²) in [6, 6.07) is 4.45. The molecule has 26 heavy (non-hydrogen) atoms. The van der Waals surface area contributed by atoms with E-state index < -0.39 is 4.92 Å². The molecule has 8 heteroatoms. The van der Waals surface area contributed by atoms with Crippen LogP contribution in [0.4, 0.5) is 10.5 Å². The topological polar surface area (TPSA) is 89.8 Å². The lowest BCUT2D eigenvalue weighted by atomic mass is 9.89. The van der Waals surface area contributed by atoms with Crippen LogP contribution in [0.3, 0.4) is 0 Å². The van der Waals surface area contributed by atoms with Crippen LogP contribution >= 0.6 is 11.8 Å². The van der Waals surface area contributed by atoms with Crippen LogP contribution in [0, 0.1) is 16.0 Å². The Bertz CT molecular complexity index is 771. The Hall–Kier alpha value is -2.35. The lowest BCUT2D eigenvalue weighted by Gasteiger charge is -2.25. The number of amides is 2. The molecule has 2 fully saturated rings. The SMILES string of the molecule is COc1ccc(/C=C2/SC(=O)N(CC3CCCCC3)C2=O)cc1[N+](=O)[O-]. The first-order valence-corrected chi connectivity index (χ1v) is 9.39. The van der Waals surface area contributed by atoms with Gasteiger partial charge in [0, 0.05) is 12.6 Å². The number of nitro groups is 1. The highest BCUT2D eigenvalue weighted by Gasteiger charge is 2.36. The Morgan fingerprint density at radius 3 is 2.69 bits per heavy atom. The number of nitrogens with zero attached hydrogens (tertiary/aromatic N) is 2. The van der Waals surface area contributed by atoms with Crippen LogP contribution in [0.25, 0.3) is 6.08 Å². The Labute approximate surface area is 155 Å². The van der Waals surface area contributed by atoms with Gasteiger partial charge < -0.3 is 4.74 Å². The van der Waals surface area contributed by atoms with E-state index in [1.165, 1.54) is 36.6 Å². The normalized spacial score (nSPS) is 20.0. The van der Waals surface area contributed by atoms with Crippen molar-refractivity contribution in [2.24, 2.45) is 5.92 Å². The number of benzene rings is 1. The maximum atomic E-state index is 12.6. The largest absolute Gasteiger partial charge is 0.490 e. The number of carbonyl (C=O) groups is 2. The molecule has 138 valence electrons. The van der Waals surface area contributed by atoms with Gasteiger partial charge in [0.05, 0.1) is 16.9 Å². The average molecular weight is 376 g/mol. The molecule has 0 bridgehead atoms. The molecular weight excluding hydrogens is 356 g/mol. The number of imide groups is 1. The second-order valence-electron chi connectivity index (χ2n) is 6.48. The van der Waals surface area contributed by atoms with E-state index in [0.29, 0.717) is 22.9 Å². The van der Waals surface area contributed by atoms with Gasteiger partial charge in [-0.05, 0) is 48.2 Å². The van der Waals surface area contributed by atoms with Crippen LogP contribution in [-0.2, 0) is 4.79 Å². The van der Waals surface area contributed by atoms with Gasteiger partial charge in [0.15, 0.2) is 5.75 Å². The molecule has 7 nitrogen and oxygen atoms in total. The third-order valence-corrected chi connectivity index (χ3v) is 5.64. The zero-order valence-electron chi connectivity index (χ0n) is 14.5. The van der Waals surface area contributed by atoms with Gasteiger partial charge in [0.25, 0.3) is 11.1 Å². The van der Waals surface area contributed by atoms with Crippen molar-refractivity contribution in [3.8, 4) is 5.75 Å². The first-order valence-electron chi connectivity index (χ1n) is 8.57. The highest BCUT2D eigenvalue weighted by atomic mass is 32.2. The fourth-order valence-corrected chi connectivity index (χ4v) is 4.22. The lowest BCUT2D eigenvalue weighted by Crippen LogP contribution is -2.34. The van der Waals surface area contributed by atoms with Gasteiger partial charge in [-0.15, -0.1) is 0 Å². The van der Waals surface area contributed by atoms with Crippen molar-refractivity contribution in [3.05, 3.63) is 38.8 Å². The number of rotatable bonds is 5. The van der Waals surface area contributed by atoms with Gasteiger partial charge >= 0.3 is 5.69 Å². The van der Waals surface area contributed by atoms with E-state index in [0.717, 1.165) is 37.4 Å². The molecule has 1 aliphatic carbocycles. The predicted octanol–water partition coefficient (Wildman–Crippen LogP) is 4.22. The van der Waals surface area contributed by atoms with Gasteiger partial charge in [-0.25, -0.2) is 0 Å². The lowest BCUT2D eigenvalue weighted by molar-refractivity contribution is -0.385. The molecular formula is C18H20N2O5S. The number of ether oxygens (including phenoxy) is 1. The van der Waals surface area contributed by atoms with Gasteiger partial charge in [0.1, 0.15) is 0 Å². The Kier molecular flexibility index (Phi) is 5.61. The van der Waals surface area contributed by atoms with Gasteiger partial charge in [-0.1, -0.05) is 25.3 Å². The molecule has 3 rings (SSSR count). The summed E-state index contributed by atoms with van der Waals surface area (Å²) in [4.78, 5) is 37.0. The molecule has 2 amide bonds. The quantitative estimate of drug-likeness (QED) is 0.434. The van der Waals surface area contributed by atoms with E-state index in [9.17, 15) is 19.7 Å². The van der Waals surface area contributed by atoms with Gasteiger partial charge in [0.2, 0.25) is 0 Å². The molecule has 0 spiro atoms. The first kappa shape index (κ1) is 18.4. The van der Waals surface area contributed by atoms with Crippen molar-refractivity contribution in [1.82, 2.24) is 4.90 Å². The Balaban J connectivity index is 1.79. The summed E-state index contributed by atoms with van der Waals surface area (Å²) < 4.78 is 4.97. The molecule has 2 aliphatic rings. The van der Waals surface area contributed by atoms with Crippen molar-refractivity contribution < 1.29 is 19.2 Å². The minimum absolute atomic E-state index is 0.151. The summed E-state index contributed by atoms with van der Waals surface area (Å²) in [7, 11) is 1.36. The number of thioether (sulfide) groups is 1. The van der Waals surface area contributed by atoms with Crippen LogP contribution < -0.4 is 4.74 Å². The molecule has 0 aromatic heterocycles. The van der Waals surface area contributed by atoms with Crippen LogP contribution in [0.1, 0.15) is 37.7 Å². The number of carbonyl (C=O) groups excluding carboxylic acids is 2. The molecule has 1 saturated carbocycles. The van der Waals surface area contributed by atoms with Crippen LogP contribution in [0.5, 0.6) is 5.75 Å². The summed E-state index contributed by atoms with van der Waals surface area (Å²) in [5.41, 5.74) is 0.309. The number of methoxy groups -OCH3 is 1. The fourth-order valence-electron chi connectivity index (χ4n) is 3.38. The molecule has 0 N–H and O–H groups in total. The van der Waals surface area contributed by atoms with Crippen LogP contribution in [0.15, 0.2) is 23.1 Å². The second kappa shape index (κ2) is 7.90. The van der Waals surface area contributed by atoms with Crippen molar-refractivity contribution in [1.29, 1.82) is 0 Å². The number of hydrogen-bond donors (Lipinski definition) is 0. The van der Waals surface area contributed by atoms with Crippen LogP contribution in [-0.4, -0.2) is 34.6 Å². The number of nitro benzene ring substituents is 1.